The normalized spacial score (nSPS) is 10.6. The number of carbonyl (C=O) groups excluding carboxylic acids is 2. The summed E-state index contributed by atoms with van der Waals surface area (Å²) in [5.41, 5.74) is 4.53. The van der Waals surface area contributed by atoms with E-state index in [0.29, 0.717) is 11.7 Å². The van der Waals surface area contributed by atoms with Gasteiger partial charge in [-0.25, -0.2) is 0 Å². The van der Waals surface area contributed by atoms with Crippen molar-refractivity contribution >= 4 is 40.1 Å². The van der Waals surface area contributed by atoms with Crippen LogP contribution in [0.5, 0.6) is 0 Å². The minimum Gasteiger partial charge on any atom is -0.465 e. The molecule has 1 aromatic carbocycles. The first-order valence-electron chi connectivity index (χ1n) is 7.85. The number of anilines is 1. The second-order valence-corrected chi connectivity index (χ2v) is 7.50. The van der Waals surface area contributed by atoms with Crippen molar-refractivity contribution in [1.82, 2.24) is 10.2 Å². The average molecular weight is 380 g/mol. The highest BCUT2D eigenvalue weighted by Crippen LogP contribution is 2.32. The number of thioether (sulfide) groups is 1. The Balaban J connectivity index is 1.96. The lowest BCUT2D eigenvalue weighted by atomic mass is 10.0. The van der Waals surface area contributed by atoms with Crippen molar-refractivity contribution < 1.29 is 14.3 Å². The standard InChI is InChI=1S/C17H21N3O3S2/c1-5-23-14(22)9-24-8-13(21)18-17-20-19-16(25-17)15-11(3)6-10(2)7-12(15)4/h6-7H,5,8-9H2,1-4H3,(H,18,20,21). The van der Waals surface area contributed by atoms with Crippen LogP contribution in [-0.2, 0) is 14.3 Å². The zero-order valence-corrected chi connectivity index (χ0v) is 16.3. The highest BCUT2D eigenvalue weighted by atomic mass is 32.2. The summed E-state index contributed by atoms with van der Waals surface area (Å²) in [7, 11) is 0. The minimum absolute atomic E-state index is 0.157. The van der Waals surface area contributed by atoms with Crippen LogP contribution < -0.4 is 5.32 Å². The smallest absolute Gasteiger partial charge is 0.315 e. The van der Waals surface area contributed by atoms with Crippen molar-refractivity contribution in [1.29, 1.82) is 0 Å². The first kappa shape index (κ1) is 19.4. The number of nitrogens with zero attached hydrogens (tertiary/aromatic N) is 2. The minimum atomic E-state index is -0.316. The number of amides is 1. The van der Waals surface area contributed by atoms with Crippen LogP contribution in [0, 0.1) is 20.8 Å². The number of benzene rings is 1. The maximum atomic E-state index is 11.9. The van der Waals surface area contributed by atoms with E-state index in [4.69, 9.17) is 4.74 Å². The molecule has 0 aliphatic carbocycles. The van der Waals surface area contributed by atoms with Crippen molar-refractivity contribution in [3.63, 3.8) is 0 Å². The molecule has 0 radical (unpaired) electrons. The van der Waals surface area contributed by atoms with Gasteiger partial charge in [0.1, 0.15) is 5.01 Å². The number of carbonyl (C=O) groups is 2. The van der Waals surface area contributed by atoms with Crippen molar-refractivity contribution in [2.24, 2.45) is 0 Å². The zero-order valence-electron chi connectivity index (χ0n) is 14.7. The summed E-state index contributed by atoms with van der Waals surface area (Å²) in [5, 5.41) is 12.2. The summed E-state index contributed by atoms with van der Waals surface area (Å²) in [6, 6.07) is 4.21. The molecular weight excluding hydrogens is 358 g/mol. The van der Waals surface area contributed by atoms with Gasteiger partial charge in [0.2, 0.25) is 11.0 Å². The largest absolute Gasteiger partial charge is 0.465 e. The maximum absolute atomic E-state index is 11.9. The summed E-state index contributed by atoms with van der Waals surface area (Å²) in [5.74, 6) is -0.209. The van der Waals surface area contributed by atoms with Crippen molar-refractivity contribution in [2.75, 3.05) is 23.4 Å². The number of ether oxygens (including phenoxy) is 1. The lowest BCUT2D eigenvalue weighted by molar-refractivity contribution is -0.139. The van der Waals surface area contributed by atoms with Gasteiger partial charge in [-0.2, -0.15) is 0 Å². The highest BCUT2D eigenvalue weighted by Gasteiger charge is 2.14. The summed E-state index contributed by atoms with van der Waals surface area (Å²) < 4.78 is 4.81. The predicted molar refractivity (Wildman–Crippen MR) is 102 cm³/mol. The Bertz CT molecular complexity index is 751. The Morgan fingerprint density at radius 3 is 2.48 bits per heavy atom. The fraction of sp³-hybridized carbons (Fsp3) is 0.412. The van der Waals surface area contributed by atoms with Crippen LogP contribution in [0.3, 0.4) is 0 Å². The molecule has 0 aliphatic rings. The van der Waals surface area contributed by atoms with E-state index < -0.39 is 0 Å². The van der Waals surface area contributed by atoms with Crippen LogP contribution in [0.15, 0.2) is 12.1 Å². The third kappa shape index (κ3) is 5.54. The van der Waals surface area contributed by atoms with Gasteiger partial charge in [0.25, 0.3) is 0 Å². The zero-order chi connectivity index (χ0) is 18.4. The van der Waals surface area contributed by atoms with Crippen LogP contribution in [0.25, 0.3) is 10.6 Å². The molecule has 8 heteroatoms. The number of aromatic nitrogens is 2. The van der Waals surface area contributed by atoms with Gasteiger partial charge in [-0.15, -0.1) is 22.0 Å². The van der Waals surface area contributed by atoms with E-state index in [2.05, 4.69) is 34.6 Å². The van der Waals surface area contributed by atoms with Crippen LogP contribution >= 0.6 is 23.1 Å². The average Bonchev–Trinajstić information content (AvgIpc) is 2.94. The topological polar surface area (TPSA) is 81.2 Å². The maximum Gasteiger partial charge on any atom is 0.315 e. The molecule has 1 heterocycles. The van der Waals surface area contributed by atoms with E-state index in [1.165, 1.54) is 28.7 Å². The molecule has 1 aromatic heterocycles. The van der Waals surface area contributed by atoms with Crippen molar-refractivity contribution in [3.8, 4) is 10.6 Å². The molecule has 2 aromatic rings. The van der Waals surface area contributed by atoms with Gasteiger partial charge in [0, 0.05) is 5.56 Å². The van der Waals surface area contributed by atoms with Gasteiger partial charge in [-0.1, -0.05) is 29.0 Å². The van der Waals surface area contributed by atoms with Gasteiger partial charge in [0.05, 0.1) is 18.1 Å². The first-order valence-corrected chi connectivity index (χ1v) is 9.82. The Morgan fingerprint density at radius 1 is 1.16 bits per heavy atom. The molecule has 0 atom stereocenters. The predicted octanol–water partition coefficient (Wildman–Crippen LogP) is 3.37. The number of esters is 1. The lowest BCUT2D eigenvalue weighted by Crippen LogP contribution is -2.16. The molecule has 134 valence electrons. The van der Waals surface area contributed by atoms with Crippen molar-refractivity contribution in [2.45, 2.75) is 27.7 Å². The van der Waals surface area contributed by atoms with Crippen molar-refractivity contribution in [3.05, 3.63) is 28.8 Å². The van der Waals surface area contributed by atoms with Gasteiger partial charge >= 0.3 is 5.97 Å². The number of rotatable bonds is 7. The van der Waals surface area contributed by atoms with Gasteiger partial charge in [0.15, 0.2) is 0 Å². The van der Waals surface area contributed by atoms with Gasteiger partial charge in [-0.05, 0) is 38.8 Å². The lowest BCUT2D eigenvalue weighted by Gasteiger charge is -2.07. The Labute approximate surface area is 155 Å². The number of nitrogens with one attached hydrogen (secondary N) is 1. The third-order valence-corrected chi connectivity index (χ3v) is 5.08. The molecule has 6 nitrogen and oxygen atoms in total. The Hall–Kier alpha value is -1.93. The SMILES string of the molecule is CCOC(=O)CSCC(=O)Nc1nnc(-c2c(C)cc(C)cc2C)s1. The van der Waals surface area contributed by atoms with Crippen LogP contribution in [0.2, 0.25) is 0 Å². The number of hydrogen-bond acceptors (Lipinski definition) is 7. The Kier molecular flexibility index (Phi) is 6.95. The molecule has 0 saturated heterocycles. The van der Waals surface area contributed by atoms with Gasteiger partial charge < -0.3 is 4.74 Å². The molecule has 0 unspecified atom stereocenters. The second-order valence-electron chi connectivity index (χ2n) is 5.53. The first-order chi connectivity index (χ1) is 11.9. The molecule has 0 aliphatic heterocycles. The monoisotopic (exact) mass is 379 g/mol. The van der Waals surface area contributed by atoms with E-state index in [0.717, 1.165) is 21.7 Å². The quantitative estimate of drug-likeness (QED) is 0.743. The molecule has 1 N–H and O–H groups in total. The Morgan fingerprint density at radius 2 is 1.84 bits per heavy atom. The van der Waals surface area contributed by atoms with Crippen LogP contribution in [0.1, 0.15) is 23.6 Å². The summed E-state index contributed by atoms with van der Waals surface area (Å²) in [6.45, 7) is 8.24. The summed E-state index contributed by atoms with van der Waals surface area (Å²) in [6.07, 6.45) is 0. The van der Waals surface area contributed by atoms with E-state index in [1.54, 1.807) is 6.92 Å². The van der Waals surface area contributed by atoms with E-state index in [-0.39, 0.29) is 23.4 Å². The van der Waals surface area contributed by atoms with Crippen LogP contribution in [-0.4, -0.2) is 40.2 Å². The molecule has 0 spiro atoms. The fourth-order valence-corrected chi connectivity index (χ4v) is 4.02. The number of aryl methyl sites for hydroxylation is 3. The molecule has 0 bridgehead atoms. The molecule has 0 fully saturated rings. The van der Waals surface area contributed by atoms with E-state index >= 15 is 0 Å². The van der Waals surface area contributed by atoms with Gasteiger partial charge in [-0.3, -0.25) is 14.9 Å². The molecule has 2 rings (SSSR count). The fourth-order valence-electron chi connectivity index (χ4n) is 2.48. The second kappa shape index (κ2) is 8.96. The summed E-state index contributed by atoms with van der Waals surface area (Å²) >= 11 is 2.55. The van der Waals surface area contributed by atoms with Crippen LogP contribution in [0.4, 0.5) is 5.13 Å². The molecule has 1 amide bonds. The number of hydrogen-bond donors (Lipinski definition) is 1. The molecule has 0 saturated carbocycles. The van der Waals surface area contributed by atoms with E-state index in [9.17, 15) is 9.59 Å². The highest BCUT2D eigenvalue weighted by molar-refractivity contribution is 8.00. The summed E-state index contributed by atoms with van der Waals surface area (Å²) in [4.78, 5) is 23.2. The molecular formula is C17H21N3O3S2. The third-order valence-electron chi connectivity index (χ3n) is 3.32. The van der Waals surface area contributed by atoms with E-state index in [1.807, 2.05) is 13.8 Å². The molecule has 25 heavy (non-hydrogen) atoms.